The van der Waals surface area contributed by atoms with Gasteiger partial charge in [0, 0.05) is 29.6 Å². The highest BCUT2D eigenvalue weighted by Gasteiger charge is 2.37. The lowest BCUT2D eigenvalue weighted by Crippen LogP contribution is -2.37. The molecular weight excluding hydrogens is 418 g/mol. The molecule has 0 spiro atoms. The zero-order valence-electron chi connectivity index (χ0n) is 17.7. The maximum absolute atomic E-state index is 13.3. The molecule has 1 aliphatic rings. The van der Waals surface area contributed by atoms with Crippen molar-refractivity contribution in [2.75, 3.05) is 6.54 Å². The molecule has 0 aliphatic carbocycles. The predicted molar refractivity (Wildman–Crippen MR) is 121 cm³/mol. The lowest BCUT2D eigenvalue weighted by Gasteiger charge is -2.27. The Morgan fingerprint density at radius 3 is 2.27 bits per heavy atom. The van der Waals surface area contributed by atoms with Gasteiger partial charge in [-0.25, -0.2) is 8.42 Å². The number of hydrogen-bond acceptors (Lipinski definition) is 3. The number of aryl methyl sites for hydroxylation is 1. The van der Waals surface area contributed by atoms with Gasteiger partial charge in [0.25, 0.3) is 0 Å². The molecule has 4 nitrogen and oxygen atoms in total. The average molecular weight is 446 g/mol. The monoisotopic (exact) mass is 445 g/mol. The van der Waals surface area contributed by atoms with Gasteiger partial charge in [-0.15, -0.1) is 0 Å². The van der Waals surface area contributed by atoms with E-state index in [4.69, 9.17) is 11.6 Å². The highest BCUT2D eigenvalue weighted by atomic mass is 35.5. The minimum Gasteiger partial charge on any atom is -0.294 e. The van der Waals surface area contributed by atoms with Crippen molar-refractivity contribution >= 4 is 27.4 Å². The first-order valence-corrected chi connectivity index (χ1v) is 12.1. The predicted octanol–water partition coefficient (Wildman–Crippen LogP) is 5.80. The SMILES string of the molecule is CC(C)=C(CCC(=O)c1ccc(Cl)cc1)C1CCCN1S(=O)(=O)c1ccc(C)cc1. The zero-order chi connectivity index (χ0) is 21.9. The fourth-order valence-electron chi connectivity index (χ4n) is 4.00. The molecule has 2 aromatic rings. The smallest absolute Gasteiger partial charge is 0.243 e. The first-order chi connectivity index (χ1) is 14.2. The van der Waals surface area contributed by atoms with Crippen LogP contribution < -0.4 is 0 Å². The van der Waals surface area contributed by atoms with Crippen LogP contribution in [-0.4, -0.2) is 31.1 Å². The first kappa shape index (κ1) is 22.7. The van der Waals surface area contributed by atoms with E-state index in [9.17, 15) is 13.2 Å². The lowest BCUT2D eigenvalue weighted by atomic mass is 9.94. The number of benzene rings is 2. The number of hydrogen-bond donors (Lipinski definition) is 0. The average Bonchev–Trinajstić information content (AvgIpc) is 3.19. The van der Waals surface area contributed by atoms with Gasteiger partial charge >= 0.3 is 0 Å². The number of rotatable bonds is 7. The van der Waals surface area contributed by atoms with Crippen molar-refractivity contribution in [3.05, 3.63) is 75.8 Å². The van der Waals surface area contributed by atoms with Crippen LogP contribution in [0.15, 0.2) is 64.6 Å². The van der Waals surface area contributed by atoms with Crippen molar-refractivity contribution in [1.29, 1.82) is 0 Å². The maximum Gasteiger partial charge on any atom is 0.243 e. The molecule has 0 amide bonds. The van der Waals surface area contributed by atoms with E-state index in [-0.39, 0.29) is 11.8 Å². The van der Waals surface area contributed by atoms with Gasteiger partial charge in [0.1, 0.15) is 0 Å². The molecule has 1 saturated heterocycles. The molecule has 3 rings (SSSR count). The van der Waals surface area contributed by atoms with E-state index in [2.05, 4.69) is 0 Å². The van der Waals surface area contributed by atoms with Gasteiger partial charge in [0.15, 0.2) is 5.78 Å². The van der Waals surface area contributed by atoms with E-state index in [0.29, 0.717) is 34.9 Å². The van der Waals surface area contributed by atoms with Crippen LogP contribution in [0, 0.1) is 6.92 Å². The van der Waals surface area contributed by atoms with E-state index >= 15 is 0 Å². The normalized spacial score (nSPS) is 17.1. The summed E-state index contributed by atoms with van der Waals surface area (Å²) in [7, 11) is -3.58. The largest absolute Gasteiger partial charge is 0.294 e. The van der Waals surface area contributed by atoms with Crippen LogP contribution in [0.4, 0.5) is 0 Å². The summed E-state index contributed by atoms with van der Waals surface area (Å²) in [5.41, 5.74) is 3.78. The molecule has 0 aromatic heterocycles. The number of ketones is 1. The van der Waals surface area contributed by atoms with E-state index < -0.39 is 10.0 Å². The molecule has 0 saturated carbocycles. The van der Waals surface area contributed by atoms with Gasteiger partial charge in [0.2, 0.25) is 10.0 Å². The molecule has 0 bridgehead atoms. The molecule has 160 valence electrons. The van der Waals surface area contributed by atoms with Crippen molar-refractivity contribution in [3.8, 4) is 0 Å². The highest BCUT2D eigenvalue weighted by Crippen LogP contribution is 2.33. The number of nitrogens with zero attached hydrogens (tertiary/aromatic N) is 1. The Bertz CT molecular complexity index is 1040. The molecule has 1 atom stereocenters. The Morgan fingerprint density at radius 1 is 1.03 bits per heavy atom. The Hall–Kier alpha value is -1.95. The summed E-state index contributed by atoms with van der Waals surface area (Å²) in [5.74, 6) is 0.0383. The Labute approximate surface area is 184 Å². The van der Waals surface area contributed by atoms with E-state index in [0.717, 1.165) is 29.6 Å². The van der Waals surface area contributed by atoms with E-state index in [1.54, 1.807) is 40.7 Å². The van der Waals surface area contributed by atoms with Crippen LogP contribution in [0.1, 0.15) is 55.5 Å². The quantitative estimate of drug-likeness (QED) is 0.399. The second-order valence-corrected chi connectivity index (χ2v) is 10.4. The molecule has 0 N–H and O–H groups in total. The molecule has 30 heavy (non-hydrogen) atoms. The maximum atomic E-state index is 13.3. The number of carbonyl (C=O) groups excluding carboxylic acids is 1. The van der Waals surface area contributed by atoms with Gasteiger partial charge in [0.05, 0.1) is 4.90 Å². The summed E-state index contributed by atoms with van der Waals surface area (Å²) in [6.45, 7) is 6.44. The topological polar surface area (TPSA) is 54.5 Å². The molecular formula is C24H28ClNO3S. The van der Waals surface area contributed by atoms with Crippen LogP contribution >= 0.6 is 11.6 Å². The first-order valence-electron chi connectivity index (χ1n) is 10.2. The highest BCUT2D eigenvalue weighted by molar-refractivity contribution is 7.89. The summed E-state index contributed by atoms with van der Waals surface area (Å²) >= 11 is 5.91. The van der Waals surface area contributed by atoms with Gasteiger partial charge in [-0.1, -0.05) is 40.4 Å². The van der Waals surface area contributed by atoms with Crippen molar-refractivity contribution in [2.24, 2.45) is 0 Å². The van der Waals surface area contributed by atoms with E-state index in [1.807, 2.05) is 32.9 Å². The number of allylic oxidation sites excluding steroid dienone is 1. The fourth-order valence-corrected chi connectivity index (χ4v) is 5.81. The third-order valence-electron chi connectivity index (χ3n) is 5.66. The summed E-state index contributed by atoms with van der Waals surface area (Å²) in [4.78, 5) is 13.0. The summed E-state index contributed by atoms with van der Waals surface area (Å²) in [6, 6.07) is 13.7. The van der Waals surface area contributed by atoms with Crippen molar-refractivity contribution in [2.45, 2.75) is 57.4 Å². The van der Waals surface area contributed by atoms with Crippen LogP contribution in [0.5, 0.6) is 0 Å². The third-order valence-corrected chi connectivity index (χ3v) is 7.84. The second kappa shape index (κ2) is 9.46. The number of Topliss-reactive ketones (excluding diaryl/α,β-unsaturated/α-hetero) is 1. The van der Waals surface area contributed by atoms with Crippen molar-refractivity contribution in [3.63, 3.8) is 0 Å². The molecule has 1 fully saturated rings. The van der Waals surface area contributed by atoms with Crippen LogP contribution in [0.3, 0.4) is 0 Å². The number of sulfonamides is 1. The minimum atomic E-state index is -3.58. The Balaban J connectivity index is 1.79. The van der Waals surface area contributed by atoms with Gasteiger partial charge in [-0.2, -0.15) is 4.31 Å². The summed E-state index contributed by atoms with van der Waals surface area (Å²) < 4.78 is 28.2. The van der Waals surface area contributed by atoms with Gasteiger partial charge in [-0.05, 0) is 76.4 Å². The van der Waals surface area contributed by atoms with Crippen LogP contribution in [0.2, 0.25) is 5.02 Å². The fraction of sp³-hybridized carbons (Fsp3) is 0.375. The third kappa shape index (κ3) is 5.02. The van der Waals surface area contributed by atoms with E-state index in [1.165, 1.54) is 0 Å². The van der Waals surface area contributed by atoms with Gasteiger partial charge in [-0.3, -0.25) is 4.79 Å². The number of halogens is 1. The van der Waals surface area contributed by atoms with Crippen LogP contribution in [0.25, 0.3) is 0 Å². The summed E-state index contributed by atoms with van der Waals surface area (Å²) in [5, 5.41) is 0.597. The molecule has 1 unspecified atom stereocenters. The van der Waals surface area contributed by atoms with Gasteiger partial charge < -0.3 is 0 Å². The van der Waals surface area contributed by atoms with Crippen molar-refractivity contribution < 1.29 is 13.2 Å². The molecule has 6 heteroatoms. The standard InChI is InChI=1S/C24H28ClNO3S/c1-17(2)22(14-15-24(27)19-8-10-20(25)11-9-19)23-5-4-16-26(23)30(28,29)21-12-6-18(3)7-13-21/h6-13,23H,4-5,14-16H2,1-3H3. The Morgan fingerprint density at radius 2 is 1.67 bits per heavy atom. The zero-order valence-corrected chi connectivity index (χ0v) is 19.3. The van der Waals surface area contributed by atoms with Crippen molar-refractivity contribution in [1.82, 2.24) is 4.31 Å². The second-order valence-electron chi connectivity index (χ2n) is 8.04. The lowest BCUT2D eigenvalue weighted by molar-refractivity contribution is 0.0982. The number of carbonyl (C=O) groups is 1. The summed E-state index contributed by atoms with van der Waals surface area (Å²) in [6.07, 6.45) is 2.49. The molecule has 0 radical (unpaired) electrons. The molecule has 2 aromatic carbocycles. The Kier molecular flexibility index (Phi) is 7.17. The minimum absolute atomic E-state index is 0.0383. The molecule has 1 aliphatic heterocycles. The van der Waals surface area contributed by atoms with Crippen LogP contribution in [-0.2, 0) is 10.0 Å². The molecule has 1 heterocycles.